The second kappa shape index (κ2) is 5.47. The minimum absolute atomic E-state index is 0.0413. The first-order chi connectivity index (χ1) is 8.22. The van der Waals surface area contributed by atoms with E-state index in [-0.39, 0.29) is 18.0 Å². The van der Waals surface area contributed by atoms with E-state index in [0.29, 0.717) is 17.9 Å². The Hall–Kier alpha value is -1.13. The number of rotatable bonds is 4. The van der Waals surface area contributed by atoms with Crippen LogP contribution in [0, 0.1) is 5.82 Å². The first-order valence-corrected chi connectivity index (χ1v) is 5.92. The average molecular weight is 239 g/mol. The molecule has 0 amide bonds. The Labute approximate surface area is 101 Å². The molecule has 0 radical (unpaired) electrons. The minimum atomic E-state index is -0.233. The fourth-order valence-electron chi connectivity index (χ4n) is 1.97. The maximum absolute atomic E-state index is 13.8. The van der Waals surface area contributed by atoms with E-state index in [1.807, 2.05) is 13.0 Å². The van der Waals surface area contributed by atoms with E-state index in [9.17, 15) is 4.39 Å². The van der Waals surface area contributed by atoms with Gasteiger partial charge in [0, 0.05) is 18.0 Å². The van der Waals surface area contributed by atoms with E-state index < -0.39 is 0 Å². The van der Waals surface area contributed by atoms with Gasteiger partial charge >= 0.3 is 0 Å². The highest BCUT2D eigenvalue weighted by molar-refractivity contribution is 5.37. The molecule has 1 saturated heterocycles. The van der Waals surface area contributed by atoms with Crippen molar-refractivity contribution in [3.63, 3.8) is 0 Å². The van der Waals surface area contributed by atoms with E-state index in [1.165, 1.54) is 6.07 Å². The van der Waals surface area contributed by atoms with Gasteiger partial charge in [-0.3, -0.25) is 0 Å². The predicted octanol–water partition coefficient (Wildman–Crippen LogP) is 2.27. The zero-order valence-electron chi connectivity index (χ0n) is 10.2. The number of nitrogens with one attached hydrogen (secondary N) is 1. The van der Waals surface area contributed by atoms with E-state index in [2.05, 4.69) is 5.32 Å². The lowest BCUT2D eigenvalue weighted by Crippen LogP contribution is -2.20. The van der Waals surface area contributed by atoms with Crippen molar-refractivity contribution in [2.45, 2.75) is 25.5 Å². The molecule has 1 aliphatic heterocycles. The van der Waals surface area contributed by atoms with Gasteiger partial charge < -0.3 is 14.8 Å². The third-order valence-electron chi connectivity index (χ3n) is 3.06. The lowest BCUT2D eigenvalue weighted by molar-refractivity contribution is 0.140. The van der Waals surface area contributed by atoms with Crippen LogP contribution in [0.2, 0.25) is 0 Å². The van der Waals surface area contributed by atoms with Crippen molar-refractivity contribution in [1.29, 1.82) is 0 Å². The molecule has 17 heavy (non-hydrogen) atoms. The van der Waals surface area contributed by atoms with Crippen LogP contribution < -0.4 is 10.1 Å². The third-order valence-corrected chi connectivity index (χ3v) is 3.06. The normalized spacial score (nSPS) is 21.5. The Balaban J connectivity index is 2.22. The van der Waals surface area contributed by atoms with E-state index in [0.717, 1.165) is 13.0 Å². The van der Waals surface area contributed by atoms with Crippen molar-refractivity contribution in [3.8, 4) is 5.75 Å². The summed E-state index contributed by atoms with van der Waals surface area (Å²) in [6.07, 6.45) is 0.906. The van der Waals surface area contributed by atoms with Crippen LogP contribution in [0.25, 0.3) is 0 Å². The molecule has 0 aliphatic carbocycles. The van der Waals surface area contributed by atoms with Crippen LogP contribution in [0.4, 0.5) is 4.39 Å². The van der Waals surface area contributed by atoms with Crippen LogP contribution in [0.15, 0.2) is 18.2 Å². The minimum Gasteiger partial charge on any atom is -0.487 e. The third kappa shape index (κ3) is 2.76. The average Bonchev–Trinajstić information content (AvgIpc) is 2.81. The SMILES string of the molecule is CNC(C)c1c(F)cccc1OC1CCOC1. The lowest BCUT2D eigenvalue weighted by atomic mass is 10.1. The Morgan fingerprint density at radius 3 is 3.00 bits per heavy atom. The molecule has 1 N–H and O–H groups in total. The largest absolute Gasteiger partial charge is 0.487 e. The molecule has 1 fully saturated rings. The number of ether oxygens (including phenoxy) is 2. The first-order valence-electron chi connectivity index (χ1n) is 5.92. The zero-order chi connectivity index (χ0) is 12.3. The fraction of sp³-hybridized carbons (Fsp3) is 0.538. The molecule has 1 aromatic rings. The second-order valence-corrected chi connectivity index (χ2v) is 4.27. The standard InChI is InChI=1S/C13H18FNO2/c1-9(15-2)13-11(14)4-3-5-12(13)17-10-6-7-16-8-10/h3-5,9-10,15H,6-8H2,1-2H3. The molecule has 0 spiro atoms. The number of hydrogen-bond acceptors (Lipinski definition) is 3. The van der Waals surface area contributed by atoms with Crippen LogP contribution in [-0.4, -0.2) is 26.4 Å². The Morgan fingerprint density at radius 1 is 1.53 bits per heavy atom. The Morgan fingerprint density at radius 2 is 2.35 bits per heavy atom. The molecule has 0 bridgehead atoms. The molecule has 1 heterocycles. The molecule has 1 aliphatic rings. The fourth-order valence-corrected chi connectivity index (χ4v) is 1.97. The second-order valence-electron chi connectivity index (χ2n) is 4.27. The van der Waals surface area contributed by atoms with Crippen LogP contribution in [0.1, 0.15) is 24.9 Å². The van der Waals surface area contributed by atoms with Crippen LogP contribution in [-0.2, 0) is 4.74 Å². The summed E-state index contributed by atoms with van der Waals surface area (Å²) >= 11 is 0. The van der Waals surface area contributed by atoms with Crippen LogP contribution in [0.5, 0.6) is 5.75 Å². The lowest BCUT2D eigenvalue weighted by Gasteiger charge is -2.19. The number of benzene rings is 1. The van der Waals surface area contributed by atoms with Crippen LogP contribution in [0.3, 0.4) is 0 Å². The van der Waals surface area contributed by atoms with E-state index in [4.69, 9.17) is 9.47 Å². The summed E-state index contributed by atoms with van der Waals surface area (Å²) in [5.41, 5.74) is 0.585. The Kier molecular flexibility index (Phi) is 3.97. The summed E-state index contributed by atoms with van der Waals surface area (Å²) in [5, 5.41) is 3.04. The molecule has 1 aromatic carbocycles. The summed E-state index contributed by atoms with van der Waals surface area (Å²) in [6, 6.07) is 4.87. The van der Waals surface area contributed by atoms with Gasteiger partial charge in [-0.05, 0) is 26.1 Å². The van der Waals surface area contributed by atoms with Crippen molar-refractivity contribution in [2.24, 2.45) is 0 Å². The highest BCUT2D eigenvalue weighted by Crippen LogP contribution is 2.29. The van der Waals surface area contributed by atoms with Gasteiger partial charge in [-0.15, -0.1) is 0 Å². The molecule has 2 unspecified atom stereocenters. The summed E-state index contributed by atoms with van der Waals surface area (Å²) in [6.45, 7) is 3.22. The highest BCUT2D eigenvalue weighted by Gasteiger charge is 2.21. The van der Waals surface area contributed by atoms with E-state index in [1.54, 1.807) is 13.1 Å². The number of halogens is 1. The summed E-state index contributed by atoms with van der Waals surface area (Å²) < 4.78 is 24.9. The molecular weight excluding hydrogens is 221 g/mol. The smallest absolute Gasteiger partial charge is 0.131 e. The summed E-state index contributed by atoms with van der Waals surface area (Å²) in [7, 11) is 1.81. The van der Waals surface area contributed by atoms with Gasteiger partial charge in [-0.1, -0.05) is 6.07 Å². The van der Waals surface area contributed by atoms with Gasteiger partial charge in [0.25, 0.3) is 0 Å². The Bertz CT molecular complexity index is 378. The van der Waals surface area contributed by atoms with E-state index >= 15 is 0 Å². The molecule has 94 valence electrons. The molecule has 2 atom stereocenters. The summed E-state index contributed by atoms with van der Waals surface area (Å²) in [4.78, 5) is 0. The molecular formula is C13H18FNO2. The van der Waals surface area contributed by atoms with Crippen molar-refractivity contribution < 1.29 is 13.9 Å². The quantitative estimate of drug-likeness (QED) is 0.874. The maximum Gasteiger partial charge on any atom is 0.131 e. The van der Waals surface area contributed by atoms with Gasteiger partial charge in [0.05, 0.1) is 13.2 Å². The van der Waals surface area contributed by atoms with Crippen LogP contribution >= 0.6 is 0 Å². The molecule has 2 rings (SSSR count). The molecule has 0 saturated carbocycles. The molecule has 3 nitrogen and oxygen atoms in total. The zero-order valence-corrected chi connectivity index (χ0v) is 10.2. The molecule has 4 heteroatoms. The number of hydrogen-bond donors (Lipinski definition) is 1. The van der Waals surface area contributed by atoms with Gasteiger partial charge in [0.2, 0.25) is 0 Å². The summed E-state index contributed by atoms with van der Waals surface area (Å²) in [5.74, 6) is 0.380. The van der Waals surface area contributed by atoms with Gasteiger partial charge in [-0.2, -0.15) is 0 Å². The monoisotopic (exact) mass is 239 g/mol. The van der Waals surface area contributed by atoms with Gasteiger partial charge in [0.1, 0.15) is 17.7 Å². The topological polar surface area (TPSA) is 30.5 Å². The van der Waals surface area contributed by atoms with Gasteiger partial charge in [0.15, 0.2) is 0 Å². The maximum atomic E-state index is 13.8. The van der Waals surface area contributed by atoms with Gasteiger partial charge in [-0.25, -0.2) is 4.39 Å². The molecule has 0 aromatic heterocycles. The van der Waals surface area contributed by atoms with Crippen molar-refractivity contribution in [1.82, 2.24) is 5.32 Å². The van der Waals surface area contributed by atoms with Crippen molar-refractivity contribution in [2.75, 3.05) is 20.3 Å². The van der Waals surface area contributed by atoms with Crippen molar-refractivity contribution >= 4 is 0 Å². The first kappa shape index (κ1) is 12.3. The predicted molar refractivity (Wildman–Crippen MR) is 63.7 cm³/mol. The van der Waals surface area contributed by atoms with Crippen molar-refractivity contribution in [3.05, 3.63) is 29.6 Å². The highest BCUT2D eigenvalue weighted by atomic mass is 19.1.